The van der Waals surface area contributed by atoms with Crippen molar-refractivity contribution in [3.8, 4) is 0 Å². The van der Waals surface area contributed by atoms with Crippen LogP contribution < -0.4 is 5.32 Å². The van der Waals surface area contributed by atoms with Gasteiger partial charge in [-0.05, 0) is 44.8 Å². The van der Waals surface area contributed by atoms with Gasteiger partial charge in [-0.15, -0.1) is 0 Å². The van der Waals surface area contributed by atoms with E-state index in [1.807, 2.05) is 0 Å². The van der Waals surface area contributed by atoms with Crippen molar-refractivity contribution in [3.63, 3.8) is 0 Å². The molecular weight excluding hydrogens is 184 g/mol. The highest BCUT2D eigenvalue weighted by molar-refractivity contribution is 4.70. The van der Waals surface area contributed by atoms with E-state index in [0.29, 0.717) is 0 Å². The van der Waals surface area contributed by atoms with Gasteiger partial charge in [-0.2, -0.15) is 0 Å². The number of rotatable bonds is 6. The van der Waals surface area contributed by atoms with E-state index in [9.17, 15) is 0 Å². The second-order valence-corrected chi connectivity index (χ2v) is 4.78. The molecule has 1 rings (SSSR count). The van der Waals surface area contributed by atoms with E-state index in [-0.39, 0.29) is 0 Å². The maximum Gasteiger partial charge on any atom is 0.0107 e. The summed E-state index contributed by atoms with van der Waals surface area (Å²) in [5.74, 6) is 1.01. The monoisotopic (exact) mass is 212 g/mol. The lowest BCUT2D eigenvalue weighted by Crippen LogP contribution is -2.32. The van der Waals surface area contributed by atoms with Crippen molar-refractivity contribution in [3.05, 3.63) is 0 Å². The van der Waals surface area contributed by atoms with Crippen LogP contribution in [0.25, 0.3) is 0 Å². The quantitative estimate of drug-likeness (QED) is 0.681. The van der Waals surface area contributed by atoms with Crippen molar-refractivity contribution in [2.45, 2.75) is 46.0 Å². The van der Waals surface area contributed by atoms with Gasteiger partial charge in [0, 0.05) is 13.1 Å². The largest absolute Gasteiger partial charge is 0.316 e. The molecule has 1 fully saturated rings. The SMILES string of the molecule is CCCC1CCCN(CCNCC)CC1. The Morgan fingerprint density at radius 2 is 2.07 bits per heavy atom. The molecule has 0 aromatic rings. The van der Waals surface area contributed by atoms with Gasteiger partial charge in [0.05, 0.1) is 0 Å². The number of nitrogens with zero attached hydrogens (tertiary/aromatic N) is 1. The minimum Gasteiger partial charge on any atom is -0.316 e. The zero-order valence-electron chi connectivity index (χ0n) is 10.6. The summed E-state index contributed by atoms with van der Waals surface area (Å²) in [6, 6.07) is 0. The van der Waals surface area contributed by atoms with Gasteiger partial charge in [-0.1, -0.05) is 26.7 Å². The summed E-state index contributed by atoms with van der Waals surface area (Å²) in [5, 5.41) is 3.41. The minimum atomic E-state index is 1.01. The molecule has 0 bridgehead atoms. The van der Waals surface area contributed by atoms with Crippen molar-refractivity contribution in [1.82, 2.24) is 10.2 Å². The first-order valence-corrected chi connectivity index (χ1v) is 6.79. The summed E-state index contributed by atoms with van der Waals surface area (Å²) >= 11 is 0. The fraction of sp³-hybridized carbons (Fsp3) is 1.00. The molecule has 1 unspecified atom stereocenters. The van der Waals surface area contributed by atoms with Crippen LogP contribution in [0.5, 0.6) is 0 Å². The zero-order valence-corrected chi connectivity index (χ0v) is 10.6. The highest BCUT2D eigenvalue weighted by Gasteiger charge is 2.15. The minimum absolute atomic E-state index is 1.01. The van der Waals surface area contributed by atoms with Crippen LogP contribution in [0.3, 0.4) is 0 Å². The first kappa shape index (κ1) is 13.0. The fourth-order valence-electron chi connectivity index (χ4n) is 2.56. The summed E-state index contributed by atoms with van der Waals surface area (Å²) in [5.41, 5.74) is 0. The summed E-state index contributed by atoms with van der Waals surface area (Å²) < 4.78 is 0. The van der Waals surface area contributed by atoms with Crippen LogP contribution in [-0.2, 0) is 0 Å². The molecule has 0 amide bonds. The second-order valence-electron chi connectivity index (χ2n) is 4.78. The summed E-state index contributed by atoms with van der Waals surface area (Å²) in [6.07, 6.45) is 7.12. The zero-order chi connectivity index (χ0) is 10.9. The van der Waals surface area contributed by atoms with E-state index in [1.165, 1.54) is 51.7 Å². The lowest BCUT2D eigenvalue weighted by molar-refractivity contribution is 0.279. The van der Waals surface area contributed by atoms with Gasteiger partial charge in [0.2, 0.25) is 0 Å². The predicted molar refractivity (Wildman–Crippen MR) is 67.2 cm³/mol. The van der Waals surface area contributed by atoms with Gasteiger partial charge in [-0.25, -0.2) is 0 Å². The van der Waals surface area contributed by atoms with Crippen molar-refractivity contribution in [2.75, 3.05) is 32.7 Å². The van der Waals surface area contributed by atoms with Crippen LogP contribution >= 0.6 is 0 Å². The molecule has 0 aromatic carbocycles. The third-order valence-corrected chi connectivity index (χ3v) is 3.49. The molecule has 0 saturated carbocycles. The third kappa shape index (κ3) is 5.53. The van der Waals surface area contributed by atoms with E-state index >= 15 is 0 Å². The average Bonchev–Trinajstić information content (AvgIpc) is 2.45. The highest BCUT2D eigenvalue weighted by Crippen LogP contribution is 2.21. The standard InChI is InChI=1S/C13H28N2/c1-3-6-13-7-5-10-15(11-8-13)12-9-14-4-2/h13-14H,3-12H2,1-2H3. The highest BCUT2D eigenvalue weighted by atomic mass is 15.1. The van der Waals surface area contributed by atoms with Crippen molar-refractivity contribution in [1.29, 1.82) is 0 Å². The van der Waals surface area contributed by atoms with Crippen LogP contribution in [-0.4, -0.2) is 37.6 Å². The van der Waals surface area contributed by atoms with Gasteiger partial charge < -0.3 is 10.2 Å². The maximum atomic E-state index is 3.41. The normalized spacial score (nSPS) is 24.0. The average molecular weight is 212 g/mol. The molecule has 90 valence electrons. The lowest BCUT2D eigenvalue weighted by atomic mass is 9.96. The molecule has 0 spiro atoms. The lowest BCUT2D eigenvalue weighted by Gasteiger charge is -2.20. The Morgan fingerprint density at radius 1 is 1.20 bits per heavy atom. The first-order valence-electron chi connectivity index (χ1n) is 6.79. The molecular formula is C13H28N2. The Kier molecular flexibility index (Phi) is 7.03. The van der Waals surface area contributed by atoms with Crippen LogP contribution in [0.4, 0.5) is 0 Å². The Morgan fingerprint density at radius 3 is 2.80 bits per heavy atom. The van der Waals surface area contributed by atoms with Gasteiger partial charge in [-0.3, -0.25) is 0 Å². The predicted octanol–water partition coefficient (Wildman–Crippen LogP) is 2.50. The van der Waals surface area contributed by atoms with Crippen LogP contribution in [0.1, 0.15) is 46.0 Å². The number of hydrogen-bond donors (Lipinski definition) is 1. The fourth-order valence-corrected chi connectivity index (χ4v) is 2.56. The molecule has 0 radical (unpaired) electrons. The van der Waals surface area contributed by atoms with E-state index in [4.69, 9.17) is 0 Å². The molecule has 1 aliphatic heterocycles. The Bertz CT molecular complexity index is 147. The molecule has 1 heterocycles. The topological polar surface area (TPSA) is 15.3 Å². The van der Waals surface area contributed by atoms with E-state index in [1.54, 1.807) is 0 Å². The summed E-state index contributed by atoms with van der Waals surface area (Å²) in [6.45, 7) is 10.7. The second kappa shape index (κ2) is 8.12. The van der Waals surface area contributed by atoms with Gasteiger partial charge in [0.15, 0.2) is 0 Å². The van der Waals surface area contributed by atoms with E-state index < -0.39 is 0 Å². The Labute approximate surface area is 95.4 Å². The summed E-state index contributed by atoms with van der Waals surface area (Å²) in [4.78, 5) is 2.64. The first-order chi connectivity index (χ1) is 7.36. The van der Waals surface area contributed by atoms with Gasteiger partial charge >= 0.3 is 0 Å². The molecule has 0 aliphatic carbocycles. The maximum absolute atomic E-state index is 3.41. The summed E-state index contributed by atoms with van der Waals surface area (Å²) in [7, 11) is 0. The van der Waals surface area contributed by atoms with E-state index in [2.05, 4.69) is 24.1 Å². The van der Waals surface area contributed by atoms with Crippen molar-refractivity contribution < 1.29 is 0 Å². The molecule has 2 nitrogen and oxygen atoms in total. The molecule has 1 atom stereocenters. The smallest absolute Gasteiger partial charge is 0.0107 e. The Balaban J connectivity index is 2.14. The van der Waals surface area contributed by atoms with Crippen molar-refractivity contribution in [2.24, 2.45) is 5.92 Å². The van der Waals surface area contributed by atoms with Crippen molar-refractivity contribution >= 4 is 0 Å². The van der Waals surface area contributed by atoms with E-state index in [0.717, 1.165) is 19.0 Å². The number of nitrogens with one attached hydrogen (secondary N) is 1. The molecule has 2 heteroatoms. The molecule has 1 saturated heterocycles. The van der Waals surface area contributed by atoms with Crippen LogP contribution in [0.2, 0.25) is 0 Å². The molecule has 0 aromatic heterocycles. The van der Waals surface area contributed by atoms with Crippen LogP contribution in [0.15, 0.2) is 0 Å². The van der Waals surface area contributed by atoms with Crippen LogP contribution in [0, 0.1) is 5.92 Å². The number of likely N-dealkylation sites (tertiary alicyclic amines) is 1. The molecule has 15 heavy (non-hydrogen) atoms. The van der Waals surface area contributed by atoms with Gasteiger partial charge in [0.25, 0.3) is 0 Å². The third-order valence-electron chi connectivity index (χ3n) is 3.49. The molecule has 1 N–H and O–H groups in total. The number of hydrogen-bond acceptors (Lipinski definition) is 2. The number of likely N-dealkylation sites (N-methyl/N-ethyl adjacent to an activating group) is 1. The molecule has 1 aliphatic rings. The Hall–Kier alpha value is -0.0800. The van der Waals surface area contributed by atoms with Gasteiger partial charge in [0.1, 0.15) is 0 Å².